The Bertz CT molecular complexity index is 1020. The van der Waals surface area contributed by atoms with Crippen LogP contribution in [0.25, 0.3) is 0 Å². The summed E-state index contributed by atoms with van der Waals surface area (Å²) in [6, 6.07) is 16.3. The van der Waals surface area contributed by atoms with Crippen molar-refractivity contribution >= 4 is 48.9 Å². The second-order valence-electron chi connectivity index (χ2n) is 11.3. The lowest BCUT2D eigenvalue weighted by Crippen LogP contribution is -2.56. The highest BCUT2D eigenvalue weighted by Crippen LogP contribution is 2.52. The van der Waals surface area contributed by atoms with Crippen LogP contribution in [0.3, 0.4) is 0 Å². The van der Waals surface area contributed by atoms with Crippen LogP contribution in [0.5, 0.6) is 0 Å². The van der Waals surface area contributed by atoms with Gasteiger partial charge in [0, 0.05) is 27.8 Å². The summed E-state index contributed by atoms with van der Waals surface area (Å²) < 4.78 is 0. The van der Waals surface area contributed by atoms with Crippen molar-refractivity contribution in [1.82, 2.24) is 4.90 Å². The fraction of sp³-hybridized carbons (Fsp3) is 0.483. The molecule has 0 radical (unpaired) electrons. The number of carbonyl (C=O) groups is 1. The Labute approximate surface area is 227 Å². The smallest absolute Gasteiger partial charge is 0.229 e. The molecule has 190 valence electrons. The van der Waals surface area contributed by atoms with Crippen LogP contribution in [0, 0.1) is 5.41 Å². The van der Waals surface area contributed by atoms with Gasteiger partial charge in [-0.25, -0.2) is 0 Å². The zero-order valence-corrected chi connectivity index (χ0v) is 25.0. The van der Waals surface area contributed by atoms with E-state index >= 15 is 0 Å². The first-order chi connectivity index (χ1) is 16.5. The zero-order valence-electron chi connectivity index (χ0n) is 21.7. The molecule has 1 aliphatic heterocycles. The molecular formula is C29H39Cl2NOSSi. The maximum Gasteiger partial charge on any atom is 0.229 e. The van der Waals surface area contributed by atoms with Gasteiger partial charge in [-0.3, -0.25) is 4.79 Å². The number of allylic oxidation sites excluding steroid dienone is 1. The normalized spacial score (nSPS) is 23.9. The molecule has 2 unspecified atom stereocenters. The van der Waals surface area contributed by atoms with Crippen LogP contribution < -0.4 is 0 Å². The molecule has 0 aliphatic carbocycles. The minimum Gasteiger partial charge on any atom is -0.331 e. The highest BCUT2D eigenvalue weighted by molar-refractivity contribution is 8.00. The van der Waals surface area contributed by atoms with Gasteiger partial charge in [-0.1, -0.05) is 87.0 Å². The zero-order chi connectivity index (χ0) is 25.8. The summed E-state index contributed by atoms with van der Waals surface area (Å²) in [5.41, 5.74) is 1.80. The number of thioether (sulfide) groups is 1. The maximum absolute atomic E-state index is 14.3. The summed E-state index contributed by atoms with van der Waals surface area (Å²) in [6.07, 6.45) is 4.22. The van der Waals surface area contributed by atoms with Crippen molar-refractivity contribution in [2.45, 2.75) is 70.8 Å². The Kier molecular flexibility index (Phi) is 9.64. The second kappa shape index (κ2) is 11.9. The molecule has 1 amide bonds. The number of hydrogen-bond donors (Lipinski definition) is 0. The van der Waals surface area contributed by atoms with Crippen LogP contribution in [-0.2, 0) is 4.79 Å². The predicted molar refractivity (Wildman–Crippen MR) is 158 cm³/mol. The van der Waals surface area contributed by atoms with Gasteiger partial charge < -0.3 is 4.90 Å². The minimum absolute atomic E-state index is 0.0754. The van der Waals surface area contributed by atoms with Crippen molar-refractivity contribution in [2.24, 2.45) is 5.41 Å². The first kappa shape index (κ1) is 28.4. The topological polar surface area (TPSA) is 20.3 Å². The van der Waals surface area contributed by atoms with Gasteiger partial charge in [0.15, 0.2) is 0 Å². The van der Waals surface area contributed by atoms with E-state index in [2.05, 4.69) is 69.2 Å². The van der Waals surface area contributed by atoms with Crippen molar-refractivity contribution < 1.29 is 4.79 Å². The van der Waals surface area contributed by atoms with Crippen LogP contribution in [0.1, 0.15) is 56.2 Å². The molecule has 0 saturated carbocycles. The molecule has 35 heavy (non-hydrogen) atoms. The minimum atomic E-state index is -1.19. The van der Waals surface area contributed by atoms with Gasteiger partial charge in [0.1, 0.15) is 0 Å². The summed E-state index contributed by atoms with van der Waals surface area (Å²) in [5, 5.41) is 2.62. The molecule has 2 aromatic rings. The predicted octanol–water partition coefficient (Wildman–Crippen LogP) is 9.02. The summed E-state index contributed by atoms with van der Waals surface area (Å²) in [7, 11) is -1.19. The standard InChI is InChI=1S/C29H39Cl2NOSSi/c1-7-16-29(3)18-26(22-10-9-11-24(31)17-22)27(21-12-14-23(30)15-13-21)32(28(29)33)25(8-2)19-34-20-35(4,5)6/h7,9-15,17,25-27H,1,8,16,18-20H2,2-6H3/t25?,26?,27-,29+/m1/s1. The molecule has 3 rings (SSSR count). The highest BCUT2D eigenvalue weighted by Gasteiger charge is 2.50. The molecule has 0 bridgehead atoms. The van der Waals surface area contributed by atoms with E-state index in [0.29, 0.717) is 11.4 Å². The lowest BCUT2D eigenvalue weighted by atomic mass is 9.67. The summed E-state index contributed by atoms with van der Waals surface area (Å²) >= 11 is 14.7. The van der Waals surface area contributed by atoms with E-state index in [9.17, 15) is 4.79 Å². The number of piperidine rings is 1. The number of hydrogen-bond acceptors (Lipinski definition) is 2. The van der Waals surface area contributed by atoms with Crippen LogP contribution in [0.4, 0.5) is 0 Å². The van der Waals surface area contributed by atoms with E-state index in [1.54, 1.807) is 0 Å². The molecule has 0 spiro atoms. The Morgan fingerprint density at radius 3 is 2.40 bits per heavy atom. The molecule has 0 aromatic heterocycles. The average molecular weight is 549 g/mol. The van der Waals surface area contributed by atoms with Crippen LogP contribution in [-0.4, -0.2) is 36.1 Å². The molecule has 0 N–H and O–H groups in total. The Hall–Kier alpha value is -1.20. The van der Waals surface area contributed by atoms with E-state index in [1.165, 1.54) is 10.9 Å². The summed E-state index contributed by atoms with van der Waals surface area (Å²) in [6.45, 7) is 15.5. The van der Waals surface area contributed by atoms with Gasteiger partial charge in [0.2, 0.25) is 5.91 Å². The van der Waals surface area contributed by atoms with Gasteiger partial charge >= 0.3 is 0 Å². The van der Waals surface area contributed by atoms with Crippen molar-refractivity contribution in [1.29, 1.82) is 0 Å². The SMILES string of the molecule is C=CC[C@@]1(C)CC(c2cccc(Cl)c2)[C@@H](c2ccc(Cl)cc2)N(C(CC)CSC[Si](C)(C)C)C1=O. The fourth-order valence-electron chi connectivity index (χ4n) is 5.18. The average Bonchev–Trinajstić information content (AvgIpc) is 2.79. The van der Waals surface area contributed by atoms with Crippen LogP contribution in [0.2, 0.25) is 29.7 Å². The number of nitrogens with zero attached hydrogens (tertiary/aromatic N) is 1. The van der Waals surface area contributed by atoms with E-state index in [0.717, 1.165) is 29.2 Å². The number of likely N-dealkylation sites (tertiary alicyclic amines) is 1. The highest BCUT2D eigenvalue weighted by atomic mass is 35.5. The van der Waals surface area contributed by atoms with E-state index in [1.807, 2.05) is 42.1 Å². The lowest BCUT2D eigenvalue weighted by molar-refractivity contribution is -0.153. The van der Waals surface area contributed by atoms with E-state index < -0.39 is 13.5 Å². The molecule has 4 atom stereocenters. The number of amides is 1. The summed E-state index contributed by atoms with van der Waals surface area (Å²) in [5.74, 6) is 1.30. The first-order valence-electron chi connectivity index (χ1n) is 12.5. The lowest BCUT2D eigenvalue weighted by Gasteiger charge is -2.52. The number of halogens is 2. The molecule has 6 heteroatoms. The summed E-state index contributed by atoms with van der Waals surface area (Å²) in [4.78, 5) is 16.5. The Morgan fingerprint density at radius 2 is 1.83 bits per heavy atom. The third kappa shape index (κ3) is 6.97. The molecule has 1 aliphatic rings. The third-order valence-corrected chi connectivity index (χ3v) is 12.3. The van der Waals surface area contributed by atoms with Gasteiger partial charge in [-0.2, -0.15) is 11.8 Å². The molecule has 2 aromatic carbocycles. The fourth-order valence-corrected chi connectivity index (χ4v) is 9.10. The number of carbonyl (C=O) groups excluding carboxylic acids is 1. The van der Waals surface area contributed by atoms with E-state index in [-0.39, 0.29) is 23.9 Å². The molecule has 2 nitrogen and oxygen atoms in total. The molecular weight excluding hydrogens is 509 g/mol. The van der Waals surface area contributed by atoms with Crippen molar-refractivity contribution in [3.8, 4) is 0 Å². The number of rotatable bonds is 10. The largest absolute Gasteiger partial charge is 0.331 e. The van der Waals surface area contributed by atoms with Crippen molar-refractivity contribution in [3.63, 3.8) is 0 Å². The third-order valence-electron chi connectivity index (χ3n) is 6.90. The van der Waals surface area contributed by atoms with Crippen LogP contribution >= 0.6 is 35.0 Å². The molecule has 1 saturated heterocycles. The van der Waals surface area contributed by atoms with Gasteiger partial charge in [-0.05, 0) is 60.0 Å². The first-order valence-corrected chi connectivity index (χ1v) is 18.1. The quantitative estimate of drug-likeness (QED) is 0.218. The van der Waals surface area contributed by atoms with Gasteiger partial charge in [-0.15, -0.1) is 6.58 Å². The second-order valence-corrected chi connectivity index (χ2v) is 19.2. The Morgan fingerprint density at radius 1 is 1.14 bits per heavy atom. The molecule has 1 fully saturated rings. The van der Waals surface area contributed by atoms with Crippen LogP contribution in [0.15, 0.2) is 61.2 Å². The van der Waals surface area contributed by atoms with Gasteiger partial charge in [0.25, 0.3) is 0 Å². The monoisotopic (exact) mass is 547 g/mol. The van der Waals surface area contributed by atoms with Crippen molar-refractivity contribution in [3.05, 3.63) is 82.4 Å². The van der Waals surface area contributed by atoms with Crippen molar-refractivity contribution in [2.75, 3.05) is 11.1 Å². The van der Waals surface area contributed by atoms with E-state index in [4.69, 9.17) is 23.2 Å². The molecule has 1 heterocycles. The maximum atomic E-state index is 14.3. The Balaban J connectivity index is 2.13. The van der Waals surface area contributed by atoms with Gasteiger partial charge in [0.05, 0.1) is 19.5 Å². The number of benzene rings is 2.